The van der Waals surface area contributed by atoms with Crippen molar-refractivity contribution in [3.05, 3.63) is 53.8 Å². The third-order valence-electron chi connectivity index (χ3n) is 4.77. The number of nitrogens with one attached hydrogen (secondary N) is 1. The van der Waals surface area contributed by atoms with Gasteiger partial charge < -0.3 is 10.1 Å². The number of H-pyrrole nitrogens is 1. The molecule has 0 spiro atoms. The van der Waals surface area contributed by atoms with E-state index in [-0.39, 0.29) is 18.5 Å². The summed E-state index contributed by atoms with van der Waals surface area (Å²) in [7, 11) is 0. The van der Waals surface area contributed by atoms with Crippen LogP contribution in [0.4, 0.5) is 4.39 Å². The first-order valence-electron chi connectivity index (χ1n) is 8.33. The molecule has 2 heterocycles. The highest BCUT2D eigenvalue weighted by Crippen LogP contribution is 2.25. The van der Waals surface area contributed by atoms with Gasteiger partial charge in [0.2, 0.25) is 0 Å². The average molecular weight is 325 g/mol. The average Bonchev–Trinajstić information content (AvgIpc) is 3.20. The second-order valence-corrected chi connectivity index (χ2v) is 6.37. The number of rotatable bonds is 4. The van der Waals surface area contributed by atoms with Crippen LogP contribution >= 0.6 is 0 Å². The molecule has 0 aliphatic carbocycles. The number of hydrogen-bond acceptors (Lipinski definition) is 3. The standard InChI is InChI=1S/C19H20FN3O/c20-16-10-13(11-23-9-3-4-14(23)12-24)7-8-15(16)19-21-17-5-1-2-6-18(17)22-19/h1-2,5-8,10,14,24H,3-4,9,11-12H2,(H,21,22)/t14-/m0/s1. The number of hydrogen-bond donors (Lipinski definition) is 2. The number of imidazole rings is 1. The minimum absolute atomic E-state index is 0.166. The van der Waals surface area contributed by atoms with Crippen LogP contribution in [0.3, 0.4) is 0 Å². The Morgan fingerprint density at radius 2 is 2.12 bits per heavy atom. The van der Waals surface area contributed by atoms with Crippen LogP contribution in [0.25, 0.3) is 22.4 Å². The Labute approximate surface area is 140 Å². The molecule has 0 saturated carbocycles. The smallest absolute Gasteiger partial charge is 0.141 e. The third kappa shape index (κ3) is 2.81. The number of para-hydroxylation sites is 2. The van der Waals surface area contributed by atoms with Crippen molar-refractivity contribution < 1.29 is 9.50 Å². The highest BCUT2D eigenvalue weighted by Gasteiger charge is 2.23. The molecule has 0 unspecified atom stereocenters. The van der Waals surface area contributed by atoms with Crippen molar-refractivity contribution in [1.29, 1.82) is 0 Å². The second kappa shape index (κ2) is 6.34. The minimum Gasteiger partial charge on any atom is -0.395 e. The van der Waals surface area contributed by atoms with Gasteiger partial charge in [0.05, 0.1) is 23.2 Å². The number of aromatic nitrogens is 2. The lowest BCUT2D eigenvalue weighted by atomic mass is 10.1. The second-order valence-electron chi connectivity index (χ2n) is 6.37. The Hall–Kier alpha value is -2.24. The van der Waals surface area contributed by atoms with E-state index < -0.39 is 0 Å². The summed E-state index contributed by atoms with van der Waals surface area (Å²) >= 11 is 0. The molecule has 124 valence electrons. The number of likely N-dealkylation sites (tertiary alicyclic amines) is 1. The molecule has 0 bridgehead atoms. The van der Waals surface area contributed by atoms with Gasteiger partial charge in [0, 0.05) is 12.6 Å². The van der Waals surface area contributed by atoms with Crippen LogP contribution in [0.5, 0.6) is 0 Å². The predicted octanol–water partition coefficient (Wildman–Crippen LogP) is 3.33. The van der Waals surface area contributed by atoms with Crippen LogP contribution in [0.2, 0.25) is 0 Å². The highest BCUT2D eigenvalue weighted by molar-refractivity contribution is 5.79. The summed E-state index contributed by atoms with van der Waals surface area (Å²) in [6, 6.07) is 13.2. The maximum atomic E-state index is 14.6. The molecule has 4 nitrogen and oxygen atoms in total. The monoisotopic (exact) mass is 325 g/mol. The Morgan fingerprint density at radius 1 is 1.25 bits per heavy atom. The van der Waals surface area contributed by atoms with Crippen LogP contribution in [-0.4, -0.2) is 39.2 Å². The van der Waals surface area contributed by atoms with Gasteiger partial charge in [-0.05, 0) is 49.2 Å². The van der Waals surface area contributed by atoms with E-state index in [4.69, 9.17) is 0 Å². The lowest BCUT2D eigenvalue weighted by Gasteiger charge is -2.22. The van der Waals surface area contributed by atoms with E-state index in [1.54, 1.807) is 12.1 Å². The normalized spacial score (nSPS) is 18.5. The van der Waals surface area contributed by atoms with E-state index in [0.29, 0.717) is 17.9 Å². The fourth-order valence-corrected chi connectivity index (χ4v) is 3.47. The summed E-state index contributed by atoms with van der Waals surface area (Å²) in [5.41, 5.74) is 3.14. The van der Waals surface area contributed by atoms with Crippen LogP contribution in [0.1, 0.15) is 18.4 Å². The molecule has 0 radical (unpaired) electrons. The van der Waals surface area contributed by atoms with Gasteiger partial charge in [-0.2, -0.15) is 0 Å². The zero-order valence-electron chi connectivity index (χ0n) is 13.4. The van der Waals surface area contributed by atoms with E-state index in [9.17, 15) is 9.50 Å². The SMILES string of the molecule is OC[C@@H]1CCCN1Cc1ccc(-c2nc3ccccc3[nH]2)c(F)c1. The van der Waals surface area contributed by atoms with Gasteiger partial charge in [0.25, 0.3) is 0 Å². The summed E-state index contributed by atoms with van der Waals surface area (Å²) in [6.07, 6.45) is 2.10. The van der Waals surface area contributed by atoms with Crippen molar-refractivity contribution in [3.63, 3.8) is 0 Å². The van der Waals surface area contributed by atoms with E-state index >= 15 is 0 Å². The van der Waals surface area contributed by atoms with Crippen molar-refractivity contribution >= 4 is 11.0 Å². The Kier molecular flexibility index (Phi) is 4.04. The molecule has 1 aliphatic rings. The molecule has 1 aliphatic heterocycles. The number of fused-ring (bicyclic) bond motifs is 1. The molecular formula is C19H20FN3O. The first-order valence-corrected chi connectivity index (χ1v) is 8.33. The molecule has 1 fully saturated rings. The first-order chi connectivity index (χ1) is 11.7. The third-order valence-corrected chi connectivity index (χ3v) is 4.77. The van der Waals surface area contributed by atoms with Crippen LogP contribution < -0.4 is 0 Å². The molecule has 4 rings (SSSR count). The highest BCUT2D eigenvalue weighted by atomic mass is 19.1. The van der Waals surface area contributed by atoms with Gasteiger partial charge in [0.15, 0.2) is 0 Å². The fourth-order valence-electron chi connectivity index (χ4n) is 3.47. The van der Waals surface area contributed by atoms with Gasteiger partial charge in [-0.25, -0.2) is 9.37 Å². The zero-order valence-corrected chi connectivity index (χ0v) is 13.4. The molecule has 5 heteroatoms. The number of aliphatic hydroxyl groups excluding tert-OH is 1. The first kappa shape index (κ1) is 15.3. The van der Waals surface area contributed by atoms with Gasteiger partial charge in [-0.3, -0.25) is 4.90 Å². The molecule has 2 N–H and O–H groups in total. The molecule has 2 aromatic carbocycles. The number of aliphatic hydroxyl groups is 1. The van der Waals surface area contributed by atoms with E-state index in [0.717, 1.165) is 36.0 Å². The minimum atomic E-state index is -0.272. The van der Waals surface area contributed by atoms with E-state index in [2.05, 4.69) is 14.9 Å². The molecule has 0 amide bonds. The summed E-state index contributed by atoms with van der Waals surface area (Å²) in [6.45, 7) is 1.79. The summed E-state index contributed by atoms with van der Waals surface area (Å²) < 4.78 is 14.6. The molecule has 1 saturated heterocycles. The van der Waals surface area contributed by atoms with Crippen molar-refractivity contribution in [2.75, 3.05) is 13.2 Å². The molecule has 1 atom stereocenters. The predicted molar refractivity (Wildman–Crippen MR) is 92.0 cm³/mol. The number of nitrogens with zero attached hydrogens (tertiary/aromatic N) is 2. The quantitative estimate of drug-likeness (QED) is 0.774. The van der Waals surface area contributed by atoms with Gasteiger partial charge in [-0.15, -0.1) is 0 Å². The lowest BCUT2D eigenvalue weighted by molar-refractivity contribution is 0.153. The Bertz CT molecular complexity index is 828. The molecular weight excluding hydrogens is 305 g/mol. The largest absolute Gasteiger partial charge is 0.395 e. The van der Waals surface area contributed by atoms with Crippen molar-refractivity contribution in [2.24, 2.45) is 0 Å². The van der Waals surface area contributed by atoms with Crippen molar-refractivity contribution in [3.8, 4) is 11.4 Å². The Balaban J connectivity index is 1.59. The van der Waals surface area contributed by atoms with Gasteiger partial charge in [0.1, 0.15) is 11.6 Å². The fraction of sp³-hybridized carbons (Fsp3) is 0.316. The molecule has 3 aromatic rings. The lowest BCUT2D eigenvalue weighted by Crippen LogP contribution is -2.31. The maximum Gasteiger partial charge on any atom is 0.141 e. The van der Waals surface area contributed by atoms with Crippen molar-refractivity contribution in [2.45, 2.75) is 25.4 Å². The van der Waals surface area contributed by atoms with Crippen LogP contribution in [-0.2, 0) is 6.54 Å². The number of aromatic amines is 1. The summed E-state index contributed by atoms with van der Waals surface area (Å²) in [5, 5.41) is 9.40. The maximum absolute atomic E-state index is 14.6. The van der Waals surface area contributed by atoms with E-state index in [1.807, 2.05) is 30.3 Å². The van der Waals surface area contributed by atoms with Crippen LogP contribution in [0, 0.1) is 5.82 Å². The molecule has 1 aromatic heterocycles. The van der Waals surface area contributed by atoms with Crippen molar-refractivity contribution in [1.82, 2.24) is 14.9 Å². The van der Waals surface area contributed by atoms with Crippen LogP contribution in [0.15, 0.2) is 42.5 Å². The number of benzene rings is 2. The summed E-state index contributed by atoms with van der Waals surface area (Å²) in [5.74, 6) is 0.279. The van der Waals surface area contributed by atoms with Gasteiger partial charge >= 0.3 is 0 Å². The van der Waals surface area contributed by atoms with Gasteiger partial charge in [-0.1, -0.05) is 18.2 Å². The topological polar surface area (TPSA) is 52.1 Å². The zero-order chi connectivity index (χ0) is 16.5. The number of halogens is 1. The summed E-state index contributed by atoms with van der Waals surface area (Å²) in [4.78, 5) is 9.85. The molecule has 24 heavy (non-hydrogen) atoms. The Morgan fingerprint density at radius 3 is 2.92 bits per heavy atom. The van der Waals surface area contributed by atoms with E-state index in [1.165, 1.54) is 0 Å².